The molecule has 0 aromatic rings. The number of hydrogen-bond acceptors (Lipinski definition) is 2. The zero-order chi connectivity index (χ0) is 11.5. The minimum absolute atomic E-state index is 0.126. The summed E-state index contributed by atoms with van der Waals surface area (Å²) >= 11 is 0. The number of carboxylic acids is 1. The molecule has 2 rings (SSSR count). The molecular formula is C13H23NO2. The highest BCUT2D eigenvalue weighted by Gasteiger charge is 2.36. The Bertz CT molecular complexity index is 248. The molecule has 0 bridgehead atoms. The minimum Gasteiger partial charge on any atom is -0.481 e. The smallest absolute Gasteiger partial charge is 0.308 e. The molecule has 0 radical (unpaired) electrons. The minimum atomic E-state index is -0.588. The number of carbonyl (C=O) groups is 1. The van der Waals surface area contributed by atoms with Crippen molar-refractivity contribution in [2.24, 2.45) is 5.92 Å². The van der Waals surface area contributed by atoms with Crippen LogP contribution in [0.4, 0.5) is 0 Å². The van der Waals surface area contributed by atoms with Crippen LogP contribution < -0.4 is 0 Å². The van der Waals surface area contributed by atoms with Crippen molar-refractivity contribution in [2.45, 2.75) is 63.5 Å². The second-order valence-electron chi connectivity index (χ2n) is 5.40. The molecule has 2 fully saturated rings. The van der Waals surface area contributed by atoms with Crippen LogP contribution in [0.25, 0.3) is 0 Å². The molecule has 0 heterocycles. The summed E-state index contributed by atoms with van der Waals surface area (Å²) < 4.78 is 0. The predicted molar refractivity (Wildman–Crippen MR) is 63.4 cm³/mol. The molecular weight excluding hydrogens is 202 g/mol. The maximum absolute atomic E-state index is 11.3. The van der Waals surface area contributed by atoms with E-state index in [-0.39, 0.29) is 12.0 Å². The fourth-order valence-corrected chi connectivity index (χ4v) is 3.47. The summed E-state index contributed by atoms with van der Waals surface area (Å²) in [5.41, 5.74) is 0. The van der Waals surface area contributed by atoms with Crippen molar-refractivity contribution in [3.8, 4) is 0 Å². The second kappa shape index (κ2) is 5.17. The number of rotatable bonds is 3. The first-order valence-corrected chi connectivity index (χ1v) is 6.65. The van der Waals surface area contributed by atoms with Gasteiger partial charge in [-0.05, 0) is 32.7 Å². The molecule has 2 atom stereocenters. The van der Waals surface area contributed by atoms with E-state index in [0.717, 1.165) is 19.3 Å². The van der Waals surface area contributed by atoms with Crippen molar-refractivity contribution < 1.29 is 9.90 Å². The van der Waals surface area contributed by atoms with Gasteiger partial charge in [-0.2, -0.15) is 0 Å². The van der Waals surface area contributed by atoms with Gasteiger partial charge in [-0.25, -0.2) is 0 Å². The van der Waals surface area contributed by atoms with Crippen LogP contribution in [0.5, 0.6) is 0 Å². The SMILES string of the molecule is CN(C1CCCC1)C1CCCCC1C(=O)O. The molecule has 0 aromatic heterocycles. The fourth-order valence-electron chi connectivity index (χ4n) is 3.47. The Morgan fingerprint density at radius 2 is 1.62 bits per heavy atom. The van der Waals surface area contributed by atoms with Gasteiger partial charge in [0, 0.05) is 12.1 Å². The summed E-state index contributed by atoms with van der Waals surface area (Å²) in [6, 6.07) is 0.930. The van der Waals surface area contributed by atoms with E-state index in [2.05, 4.69) is 11.9 Å². The molecule has 2 aliphatic carbocycles. The highest BCUT2D eigenvalue weighted by Crippen LogP contribution is 2.32. The lowest BCUT2D eigenvalue weighted by molar-refractivity contribution is -0.145. The van der Waals surface area contributed by atoms with Crippen molar-refractivity contribution in [1.29, 1.82) is 0 Å². The molecule has 0 saturated heterocycles. The average molecular weight is 225 g/mol. The van der Waals surface area contributed by atoms with Gasteiger partial charge in [0.05, 0.1) is 5.92 Å². The lowest BCUT2D eigenvalue weighted by Gasteiger charge is -2.39. The third kappa shape index (κ3) is 2.40. The van der Waals surface area contributed by atoms with Crippen LogP contribution in [0.15, 0.2) is 0 Å². The second-order valence-corrected chi connectivity index (χ2v) is 5.40. The van der Waals surface area contributed by atoms with E-state index in [4.69, 9.17) is 0 Å². The van der Waals surface area contributed by atoms with Crippen LogP contribution in [-0.2, 0) is 4.79 Å². The Labute approximate surface area is 97.8 Å². The summed E-state index contributed by atoms with van der Waals surface area (Å²) in [4.78, 5) is 13.6. The van der Waals surface area contributed by atoms with Gasteiger partial charge in [-0.3, -0.25) is 9.69 Å². The van der Waals surface area contributed by atoms with E-state index in [0.29, 0.717) is 6.04 Å². The number of carboxylic acid groups (broad SMARTS) is 1. The molecule has 1 N–H and O–H groups in total. The van der Waals surface area contributed by atoms with Crippen LogP contribution in [0.3, 0.4) is 0 Å². The van der Waals surface area contributed by atoms with E-state index in [1.807, 2.05) is 0 Å². The van der Waals surface area contributed by atoms with Crippen LogP contribution >= 0.6 is 0 Å². The number of hydrogen-bond donors (Lipinski definition) is 1. The molecule has 2 aliphatic rings. The normalized spacial score (nSPS) is 32.1. The quantitative estimate of drug-likeness (QED) is 0.802. The lowest BCUT2D eigenvalue weighted by Crippen LogP contribution is -2.47. The van der Waals surface area contributed by atoms with Gasteiger partial charge in [0.2, 0.25) is 0 Å². The molecule has 0 aromatic carbocycles. The van der Waals surface area contributed by atoms with Gasteiger partial charge in [0.25, 0.3) is 0 Å². The van der Waals surface area contributed by atoms with Crippen LogP contribution in [-0.4, -0.2) is 35.1 Å². The summed E-state index contributed by atoms with van der Waals surface area (Å²) in [6.07, 6.45) is 9.40. The molecule has 92 valence electrons. The molecule has 2 saturated carbocycles. The summed E-state index contributed by atoms with van der Waals surface area (Å²) in [5, 5.41) is 9.27. The van der Waals surface area contributed by atoms with Gasteiger partial charge in [0.15, 0.2) is 0 Å². The van der Waals surface area contributed by atoms with Gasteiger partial charge in [0.1, 0.15) is 0 Å². The molecule has 16 heavy (non-hydrogen) atoms. The highest BCUT2D eigenvalue weighted by atomic mass is 16.4. The van der Waals surface area contributed by atoms with Gasteiger partial charge in [-0.1, -0.05) is 25.7 Å². The van der Waals surface area contributed by atoms with Crippen LogP contribution in [0.2, 0.25) is 0 Å². The van der Waals surface area contributed by atoms with E-state index < -0.39 is 5.97 Å². The third-order valence-corrected chi connectivity index (χ3v) is 4.47. The Morgan fingerprint density at radius 3 is 2.25 bits per heavy atom. The first-order valence-electron chi connectivity index (χ1n) is 6.65. The topological polar surface area (TPSA) is 40.5 Å². The third-order valence-electron chi connectivity index (χ3n) is 4.47. The maximum Gasteiger partial charge on any atom is 0.308 e. The Hall–Kier alpha value is -0.570. The van der Waals surface area contributed by atoms with E-state index >= 15 is 0 Å². The first-order chi connectivity index (χ1) is 7.70. The Kier molecular flexibility index (Phi) is 3.85. The molecule has 0 amide bonds. The molecule has 2 unspecified atom stereocenters. The maximum atomic E-state index is 11.3. The summed E-state index contributed by atoms with van der Waals surface area (Å²) in [5.74, 6) is -0.714. The number of nitrogens with zero attached hydrogens (tertiary/aromatic N) is 1. The highest BCUT2D eigenvalue weighted by molar-refractivity contribution is 5.71. The number of aliphatic carboxylic acids is 1. The van der Waals surface area contributed by atoms with Crippen molar-refractivity contribution in [3.63, 3.8) is 0 Å². The van der Waals surface area contributed by atoms with Gasteiger partial charge in [-0.15, -0.1) is 0 Å². The van der Waals surface area contributed by atoms with E-state index in [1.54, 1.807) is 0 Å². The van der Waals surface area contributed by atoms with Crippen molar-refractivity contribution >= 4 is 5.97 Å². The zero-order valence-electron chi connectivity index (χ0n) is 10.2. The fraction of sp³-hybridized carbons (Fsp3) is 0.923. The molecule has 0 spiro atoms. The summed E-state index contributed by atoms with van der Waals surface area (Å²) in [6.45, 7) is 0. The lowest BCUT2D eigenvalue weighted by atomic mass is 9.83. The van der Waals surface area contributed by atoms with Crippen molar-refractivity contribution in [3.05, 3.63) is 0 Å². The van der Waals surface area contributed by atoms with Crippen molar-refractivity contribution in [1.82, 2.24) is 4.90 Å². The van der Waals surface area contributed by atoms with Crippen LogP contribution in [0.1, 0.15) is 51.4 Å². The Morgan fingerprint density at radius 1 is 1.06 bits per heavy atom. The summed E-state index contributed by atoms with van der Waals surface area (Å²) in [7, 11) is 2.14. The Balaban J connectivity index is 2.01. The van der Waals surface area contributed by atoms with Gasteiger partial charge < -0.3 is 5.11 Å². The molecule has 3 heteroatoms. The molecule has 3 nitrogen and oxygen atoms in total. The first kappa shape index (κ1) is 11.9. The monoisotopic (exact) mass is 225 g/mol. The predicted octanol–water partition coefficient (Wildman–Crippen LogP) is 2.50. The van der Waals surface area contributed by atoms with Crippen LogP contribution in [0, 0.1) is 5.92 Å². The van der Waals surface area contributed by atoms with E-state index in [1.165, 1.54) is 32.1 Å². The van der Waals surface area contributed by atoms with Crippen molar-refractivity contribution in [2.75, 3.05) is 7.05 Å². The molecule has 0 aliphatic heterocycles. The average Bonchev–Trinajstić information content (AvgIpc) is 2.81. The van der Waals surface area contributed by atoms with Gasteiger partial charge >= 0.3 is 5.97 Å². The zero-order valence-corrected chi connectivity index (χ0v) is 10.2. The largest absolute Gasteiger partial charge is 0.481 e. The standard InChI is InChI=1S/C13H23NO2/c1-14(10-6-2-3-7-10)12-9-5-4-8-11(12)13(15)16/h10-12H,2-9H2,1H3,(H,15,16). The van der Waals surface area contributed by atoms with E-state index in [9.17, 15) is 9.90 Å².